The SMILES string of the molecule is Cc1ccc(-c2nnc(-c3n[nH]c4c3C(=O)CCC4)o2)cc1. The van der Waals surface area contributed by atoms with Crippen LogP contribution in [0.2, 0.25) is 0 Å². The summed E-state index contributed by atoms with van der Waals surface area (Å²) in [5, 5.41) is 15.2. The number of Topliss-reactive ketones (excluding diaryl/α,β-unsaturated/α-hetero) is 1. The number of nitrogens with one attached hydrogen (secondary N) is 1. The third kappa shape index (κ3) is 2.04. The van der Waals surface area contributed by atoms with Crippen molar-refractivity contribution in [3.05, 3.63) is 41.1 Å². The van der Waals surface area contributed by atoms with Crippen LogP contribution in [0.5, 0.6) is 0 Å². The van der Waals surface area contributed by atoms with Gasteiger partial charge in [0, 0.05) is 17.7 Å². The van der Waals surface area contributed by atoms with Crippen molar-refractivity contribution in [3.8, 4) is 23.0 Å². The number of hydrogen-bond donors (Lipinski definition) is 1. The molecule has 3 aromatic rings. The minimum absolute atomic E-state index is 0.0834. The van der Waals surface area contributed by atoms with Crippen molar-refractivity contribution < 1.29 is 9.21 Å². The number of fused-ring (bicyclic) bond motifs is 1. The molecule has 6 heteroatoms. The molecular formula is C16H14N4O2. The van der Waals surface area contributed by atoms with Gasteiger partial charge in [0.1, 0.15) is 0 Å². The predicted octanol–water partition coefficient (Wildman–Crippen LogP) is 2.95. The number of nitrogens with zero attached hydrogens (tertiary/aromatic N) is 3. The van der Waals surface area contributed by atoms with Crippen molar-refractivity contribution in [1.29, 1.82) is 0 Å². The number of hydrogen-bond acceptors (Lipinski definition) is 5. The van der Waals surface area contributed by atoms with Gasteiger partial charge in [0.15, 0.2) is 11.5 Å². The second-order valence-corrected chi connectivity index (χ2v) is 5.48. The van der Waals surface area contributed by atoms with Gasteiger partial charge in [-0.1, -0.05) is 17.7 Å². The van der Waals surface area contributed by atoms with Gasteiger partial charge in [-0.15, -0.1) is 10.2 Å². The molecule has 0 amide bonds. The van der Waals surface area contributed by atoms with Crippen molar-refractivity contribution in [2.45, 2.75) is 26.2 Å². The van der Waals surface area contributed by atoms with Crippen molar-refractivity contribution >= 4 is 5.78 Å². The summed E-state index contributed by atoms with van der Waals surface area (Å²) in [6.07, 6.45) is 2.22. The minimum Gasteiger partial charge on any atom is -0.415 e. The van der Waals surface area contributed by atoms with E-state index in [1.165, 1.54) is 0 Å². The maximum Gasteiger partial charge on any atom is 0.269 e. The van der Waals surface area contributed by atoms with E-state index < -0.39 is 0 Å². The number of rotatable bonds is 2. The highest BCUT2D eigenvalue weighted by Gasteiger charge is 2.27. The Labute approximate surface area is 126 Å². The fraction of sp³-hybridized carbons (Fsp3) is 0.250. The lowest BCUT2D eigenvalue weighted by Crippen LogP contribution is -2.10. The summed E-state index contributed by atoms with van der Waals surface area (Å²) in [5.41, 5.74) is 3.94. The van der Waals surface area contributed by atoms with Crippen LogP contribution in [-0.2, 0) is 6.42 Å². The molecule has 0 spiro atoms. The van der Waals surface area contributed by atoms with E-state index in [0.29, 0.717) is 23.6 Å². The molecule has 0 atom stereocenters. The molecule has 110 valence electrons. The molecule has 0 bridgehead atoms. The van der Waals surface area contributed by atoms with Crippen LogP contribution in [0.25, 0.3) is 23.0 Å². The smallest absolute Gasteiger partial charge is 0.269 e. The maximum absolute atomic E-state index is 12.1. The zero-order valence-corrected chi connectivity index (χ0v) is 12.1. The highest BCUT2D eigenvalue weighted by molar-refractivity contribution is 6.02. The Balaban J connectivity index is 1.75. The summed E-state index contributed by atoms with van der Waals surface area (Å²) in [7, 11) is 0. The lowest BCUT2D eigenvalue weighted by atomic mass is 9.94. The topological polar surface area (TPSA) is 84.7 Å². The molecule has 0 saturated heterocycles. The number of aromatic nitrogens is 4. The van der Waals surface area contributed by atoms with E-state index in [1.807, 2.05) is 31.2 Å². The summed E-state index contributed by atoms with van der Waals surface area (Å²) in [6, 6.07) is 7.83. The fourth-order valence-corrected chi connectivity index (χ4v) is 2.70. The van der Waals surface area contributed by atoms with E-state index in [2.05, 4.69) is 20.4 Å². The number of carbonyl (C=O) groups is 1. The Hall–Kier alpha value is -2.76. The Morgan fingerprint density at radius 2 is 1.86 bits per heavy atom. The van der Waals surface area contributed by atoms with E-state index in [-0.39, 0.29) is 11.7 Å². The Morgan fingerprint density at radius 1 is 1.09 bits per heavy atom. The van der Waals surface area contributed by atoms with Crippen LogP contribution in [0.15, 0.2) is 28.7 Å². The fourth-order valence-electron chi connectivity index (χ4n) is 2.70. The molecule has 22 heavy (non-hydrogen) atoms. The molecule has 0 fully saturated rings. The minimum atomic E-state index is 0.0834. The standard InChI is InChI=1S/C16H14N4O2/c1-9-5-7-10(8-6-9)15-19-20-16(22-15)14-13-11(17-18-14)3-2-4-12(13)21/h5-8H,2-4H2,1H3,(H,17,18). The largest absolute Gasteiger partial charge is 0.415 e. The third-order valence-electron chi connectivity index (χ3n) is 3.88. The average molecular weight is 294 g/mol. The van der Waals surface area contributed by atoms with Crippen LogP contribution >= 0.6 is 0 Å². The number of aromatic amines is 1. The van der Waals surface area contributed by atoms with Gasteiger partial charge in [0.2, 0.25) is 5.89 Å². The molecule has 2 heterocycles. The molecule has 0 radical (unpaired) electrons. The molecule has 1 aliphatic carbocycles. The Morgan fingerprint density at radius 3 is 2.68 bits per heavy atom. The number of benzene rings is 1. The van der Waals surface area contributed by atoms with Crippen LogP contribution in [-0.4, -0.2) is 26.2 Å². The number of H-pyrrole nitrogens is 1. The van der Waals surface area contributed by atoms with Crippen LogP contribution in [0, 0.1) is 6.92 Å². The molecular weight excluding hydrogens is 280 g/mol. The van der Waals surface area contributed by atoms with Gasteiger partial charge in [-0.05, 0) is 31.9 Å². The molecule has 0 aliphatic heterocycles. The molecule has 0 unspecified atom stereocenters. The summed E-state index contributed by atoms with van der Waals surface area (Å²) in [6.45, 7) is 2.02. The van der Waals surface area contributed by atoms with E-state index in [0.717, 1.165) is 29.7 Å². The molecule has 2 aromatic heterocycles. The van der Waals surface area contributed by atoms with E-state index in [4.69, 9.17) is 4.42 Å². The molecule has 1 aliphatic rings. The highest BCUT2D eigenvalue weighted by Crippen LogP contribution is 2.30. The summed E-state index contributed by atoms with van der Waals surface area (Å²) < 4.78 is 5.71. The first-order valence-corrected chi connectivity index (χ1v) is 7.24. The van der Waals surface area contributed by atoms with Crippen molar-refractivity contribution in [2.75, 3.05) is 0 Å². The molecule has 0 saturated carbocycles. The second kappa shape index (κ2) is 4.91. The monoisotopic (exact) mass is 294 g/mol. The number of carbonyl (C=O) groups excluding carboxylic acids is 1. The van der Waals surface area contributed by atoms with Crippen LogP contribution in [0.4, 0.5) is 0 Å². The van der Waals surface area contributed by atoms with Gasteiger partial charge in [0.05, 0.1) is 5.56 Å². The van der Waals surface area contributed by atoms with Gasteiger partial charge in [-0.2, -0.15) is 5.10 Å². The van der Waals surface area contributed by atoms with Gasteiger partial charge >= 0.3 is 0 Å². The lowest BCUT2D eigenvalue weighted by molar-refractivity contribution is 0.0973. The van der Waals surface area contributed by atoms with Crippen LogP contribution < -0.4 is 0 Å². The summed E-state index contributed by atoms with van der Waals surface area (Å²) in [5.74, 6) is 0.790. The summed E-state index contributed by atoms with van der Waals surface area (Å²) in [4.78, 5) is 12.1. The zero-order valence-electron chi connectivity index (χ0n) is 12.1. The lowest BCUT2D eigenvalue weighted by Gasteiger charge is -2.08. The maximum atomic E-state index is 12.1. The zero-order chi connectivity index (χ0) is 15.1. The quantitative estimate of drug-likeness (QED) is 0.785. The molecule has 4 rings (SSSR count). The first-order valence-electron chi connectivity index (χ1n) is 7.24. The third-order valence-corrected chi connectivity index (χ3v) is 3.88. The summed E-state index contributed by atoms with van der Waals surface area (Å²) >= 11 is 0. The van der Waals surface area contributed by atoms with Crippen molar-refractivity contribution in [2.24, 2.45) is 0 Å². The van der Waals surface area contributed by atoms with Gasteiger partial charge in [-0.3, -0.25) is 9.89 Å². The van der Waals surface area contributed by atoms with E-state index in [1.54, 1.807) is 0 Å². The normalized spacial score (nSPS) is 14.1. The highest BCUT2D eigenvalue weighted by atomic mass is 16.4. The van der Waals surface area contributed by atoms with Gasteiger partial charge in [-0.25, -0.2) is 0 Å². The number of ketones is 1. The van der Waals surface area contributed by atoms with Crippen LogP contribution in [0.3, 0.4) is 0 Å². The molecule has 6 nitrogen and oxygen atoms in total. The van der Waals surface area contributed by atoms with Gasteiger partial charge in [0.25, 0.3) is 5.89 Å². The predicted molar refractivity (Wildman–Crippen MR) is 79.3 cm³/mol. The average Bonchev–Trinajstić information content (AvgIpc) is 3.15. The Kier molecular flexibility index (Phi) is 2.89. The van der Waals surface area contributed by atoms with Crippen molar-refractivity contribution in [3.63, 3.8) is 0 Å². The Bertz CT molecular complexity index is 845. The van der Waals surface area contributed by atoms with Crippen molar-refractivity contribution in [1.82, 2.24) is 20.4 Å². The molecule has 1 N–H and O–H groups in total. The second-order valence-electron chi connectivity index (χ2n) is 5.48. The molecule has 1 aromatic carbocycles. The van der Waals surface area contributed by atoms with E-state index in [9.17, 15) is 4.79 Å². The van der Waals surface area contributed by atoms with Gasteiger partial charge < -0.3 is 4.42 Å². The first kappa shape index (κ1) is 12.9. The number of aryl methyl sites for hydroxylation is 2. The first-order chi connectivity index (χ1) is 10.7. The van der Waals surface area contributed by atoms with E-state index >= 15 is 0 Å². The van der Waals surface area contributed by atoms with Crippen LogP contribution in [0.1, 0.15) is 34.5 Å².